The molecule has 6 nitrogen and oxygen atoms in total. The topological polar surface area (TPSA) is 78.4 Å². The van der Waals surface area contributed by atoms with E-state index in [0.717, 1.165) is 24.8 Å². The third-order valence-corrected chi connectivity index (χ3v) is 4.74. The van der Waals surface area contributed by atoms with Gasteiger partial charge in [0.2, 0.25) is 0 Å². The van der Waals surface area contributed by atoms with Gasteiger partial charge in [-0.25, -0.2) is 14.8 Å². The molecule has 1 heterocycles. The minimum absolute atomic E-state index is 0.0199. The lowest BCUT2D eigenvalue weighted by atomic mass is 10.0. The van der Waals surface area contributed by atoms with E-state index in [1.165, 1.54) is 0 Å². The number of aryl methyl sites for hydroxylation is 1. The van der Waals surface area contributed by atoms with Crippen LogP contribution in [0.1, 0.15) is 80.5 Å². The van der Waals surface area contributed by atoms with E-state index >= 15 is 0 Å². The average Bonchev–Trinajstić information content (AvgIpc) is 2.68. The van der Waals surface area contributed by atoms with Crippen molar-refractivity contribution < 1.29 is 19.1 Å². The molecule has 1 aromatic carbocycles. The van der Waals surface area contributed by atoms with Crippen LogP contribution in [0, 0.1) is 0 Å². The number of rotatable bonds is 9. The highest BCUT2D eigenvalue weighted by Gasteiger charge is 2.19. The molecule has 0 saturated heterocycles. The van der Waals surface area contributed by atoms with E-state index in [4.69, 9.17) is 26.1 Å². The van der Waals surface area contributed by atoms with Gasteiger partial charge in [0.05, 0.1) is 24.3 Å². The van der Waals surface area contributed by atoms with Gasteiger partial charge >= 0.3 is 11.9 Å². The second-order valence-electron chi connectivity index (χ2n) is 8.32. The van der Waals surface area contributed by atoms with E-state index in [1.807, 2.05) is 32.9 Å². The summed E-state index contributed by atoms with van der Waals surface area (Å²) in [6.45, 7) is 9.66. The Morgan fingerprint density at radius 1 is 1.06 bits per heavy atom. The summed E-state index contributed by atoms with van der Waals surface area (Å²) in [5, 5.41) is 0.287. The van der Waals surface area contributed by atoms with E-state index in [9.17, 15) is 9.59 Å². The summed E-state index contributed by atoms with van der Waals surface area (Å²) in [7, 11) is 0. The summed E-state index contributed by atoms with van der Waals surface area (Å²) in [4.78, 5) is 33.4. The second-order valence-corrected chi connectivity index (χ2v) is 8.67. The van der Waals surface area contributed by atoms with E-state index in [2.05, 4.69) is 11.9 Å². The lowest BCUT2D eigenvalue weighted by molar-refractivity contribution is -0.142. The van der Waals surface area contributed by atoms with Crippen LogP contribution in [0.2, 0.25) is 5.15 Å². The minimum Gasteiger partial charge on any atom is -0.466 e. The standard InChI is InChI=1S/C24H31ClN2O4/c1-6-8-9-20-26-19(18(22(25)27-20)15-21(28)30-7-2)14-16-10-12-17(13-11-16)23(29)31-24(3,4)5/h10-13H,6-9,14-15H2,1-5H3. The number of benzene rings is 1. The van der Waals surface area contributed by atoms with Gasteiger partial charge in [-0.2, -0.15) is 0 Å². The quantitative estimate of drug-likeness (QED) is 0.392. The smallest absolute Gasteiger partial charge is 0.338 e. The van der Waals surface area contributed by atoms with Crippen molar-refractivity contribution in [2.45, 2.75) is 72.3 Å². The predicted molar refractivity (Wildman–Crippen MR) is 120 cm³/mol. The molecule has 0 aliphatic carbocycles. The first-order valence-corrected chi connectivity index (χ1v) is 11.0. The average molecular weight is 447 g/mol. The third kappa shape index (κ3) is 7.94. The van der Waals surface area contributed by atoms with Gasteiger partial charge in [-0.3, -0.25) is 4.79 Å². The number of carbonyl (C=O) groups excluding carboxylic acids is 2. The number of hydrogen-bond donors (Lipinski definition) is 0. The lowest BCUT2D eigenvalue weighted by Gasteiger charge is -2.19. The highest BCUT2D eigenvalue weighted by molar-refractivity contribution is 6.30. The van der Waals surface area contributed by atoms with Crippen molar-refractivity contribution in [2.24, 2.45) is 0 Å². The number of carbonyl (C=O) groups is 2. The van der Waals surface area contributed by atoms with E-state index in [0.29, 0.717) is 35.7 Å². The van der Waals surface area contributed by atoms with Crippen LogP contribution in [0.25, 0.3) is 0 Å². The summed E-state index contributed by atoms with van der Waals surface area (Å²) in [6.07, 6.45) is 3.18. The SMILES string of the molecule is CCCCc1nc(Cl)c(CC(=O)OCC)c(Cc2ccc(C(=O)OC(C)(C)C)cc2)n1. The molecule has 0 spiro atoms. The summed E-state index contributed by atoms with van der Waals surface area (Å²) in [6, 6.07) is 7.18. The summed E-state index contributed by atoms with van der Waals surface area (Å²) >= 11 is 6.43. The molecule has 0 amide bonds. The molecule has 2 rings (SSSR count). The first-order valence-electron chi connectivity index (χ1n) is 10.6. The van der Waals surface area contributed by atoms with Crippen molar-refractivity contribution in [3.8, 4) is 0 Å². The Labute approximate surface area is 189 Å². The third-order valence-electron chi connectivity index (χ3n) is 4.43. The van der Waals surface area contributed by atoms with Crippen LogP contribution in [-0.4, -0.2) is 34.1 Å². The fourth-order valence-electron chi connectivity index (χ4n) is 2.96. The zero-order valence-corrected chi connectivity index (χ0v) is 19.7. The maximum absolute atomic E-state index is 12.2. The normalized spacial score (nSPS) is 11.3. The molecule has 1 aromatic heterocycles. The van der Waals surface area contributed by atoms with Crippen molar-refractivity contribution in [3.05, 3.63) is 57.6 Å². The minimum atomic E-state index is -0.551. The molecule has 7 heteroatoms. The molecule has 0 atom stereocenters. The fourth-order valence-corrected chi connectivity index (χ4v) is 3.23. The van der Waals surface area contributed by atoms with Gasteiger partial charge in [0, 0.05) is 18.4 Å². The number of aromatic nitrogens is 2. The molecule has 0 bridgehead atoms. The number of halogens is 1. The Morgan fingerprint density at radius 3 is 2.32 bits per heavy atom. The van der Waals surface area contributed by atoms with Crippen molar-refractivity contribution >= 4 is 23.5 Å². The van der Waals surface area contributed by atoms with Gasteiger partial charge in [0.1, 0.15) is 16.6 Å². The Bertz CT molecular complexity index is 905. The van der Waals surface area contributed by atoms with Gasteiger partial charge in [-0.15, -0.1) is 0 Å². The van der Waals surface area contributed by atoms with Crippen LogP contribution in [0.4, 0.5) is 0 Å². The van der Waals surface area contributed by atoms with E-state index in [-0.39, 0.29) is 23.5 Å². The molecule has 0 saturated carbocycles. The van der Waals surface area contributed by atoms with Crippen molar-refractivity contribution in [1.29, 1.82) is 0 Å². The predicted octanol–water partition coefficient (Wildman–Crippen LogP) is 5.12. The molecule has 0 unspecified atom stereocenters. The number of nitrogens with zero attached hydrogens (tertiary/aromatic N) is 2. The van der Waals surface area contributed by atoms with Crippen molar-refractivity contribution in [1.82, 2.24) is 9.97 Å². The first-order chi connectivity index (χ1) is 14.6. The summed E-state index contributed by atoms with van der Waals surface area (Å²) < 4.78 is 10.5. The van der Waals surface area contributed by atoms with Crippen LogP contribution in [-0.2, 0) is 33.5 Å². The molecule has 0 fully saturated rings. The van der Waals surface area contributed by atoms with Crippen LogP contribution in [0.5, 0.6) is 0 Å². The molecule has 168 valence electrons. The Hall–Kier alpha value is -2.47. The maximum atomic E-state index is 12.2. The Kier molecular flexibility index (Phi) is 8.99. The fraction of sp³-hybridized carbons (Fsp3) is 0.500. The Balaban J connectivity index is 2.29. The van der Waals surface area contributed by atoms with Gasteiger partial charge in [0.15, 0.2) is 0 Å². The van der Waals surface area contributed by atoms with Gasteiger partial charge in [-0.05, 0) is 51.8 Å². The maximum Gasteiger partial charge on any atom is 0.338 e. The molecule has 2 aromatic rings. The van der Waals surface area contributed by atoms with Crippen molar-refractivity contribution in [2.75, 3.05) is 6.61 Å². The van der Waals surface area contributed by atoms with Gasteiger partial charge in [0.25, 0.3) is 0 Å². The van der Waals surface area contributed by atoms with E-state index < -0.39 is 5.60 Å². The van der Waals surface area contributed by atoms with Crippen molar-refractivity contribution in [3.63, 3.8) is 0 Å². The largest absolute Gasteiger partial charge is 0.466 e. The molecule has 0 aliphatic heterocycles. The molecular weight excluding hydrogens is 416 g/mol. The molecule has 0 N–H and O–H groups in total. The lowest BCUT2D eigenvalue weighted by Crippen LogP contribution is -2.23. The first kappa shape index (κ1) is 24.8. The number of ether oxygens (including phenoxy) is 2. The second kappa shape index (κ2) is 11.2. The zero-order valence-electron chi connectivity index (χ0n) is 19.0. The van der Waals surface area contributed by atoms with Crippen LogP contribution >= 0.6 is 11.6 Å². The van der Waals surface area contributed by atoms with Crippen LogP contribution < -0.4 is 0 Å². The molecule has 0 aliphatic rings. The molecular formula is C24H31ClN2O4. The van der Waals surface area contributed by atoms with Gasteiger partial charge < -0.3 is 9.47 Å². The zero-order chi connectivity index (χ0) is 23.0. The van der Waals surface area contributed by atoms with Gasteiger partial charge in [-0.1, -0.05) is 37.1 Å². The summed E-state index contributed by atoms with van der Waals surface area (Å²) in [5.41, 5.74) is 2.15. The van der Waals surface area contributed by atoms with E-state index in [1.54, 1.807) is 19.1 Å². The van der Waals surface area contributed by atoms with Crippen LogP contribution in [0.15, 0.2) is 24.3 Å². The highest BCUT2D eigenvalue weighted by atomic mass is 35.5. The number of hydrogen-bond acceptors (Lipinski definition) is 6. The molecule has 0 radical (unpaired) electrons. The molecule has 31 heavy (non-hydrogen) atoms. The van der Waals surface area contributed by atoms with Crippen LogP contribution in [0.3, 0.4) is 0 Å². The monoisotopic (exact) mass is 446 g/mol. The number of esters is 2. The number of unbranched alkanes of at least 4 members (excludes halogenated alkanes) is 1. The summed E-state index contributed by atoms with van der Waals surface area (Å²) in [5.74, 6) is -0.0651. The highest BCUT2D eigenvalue weighted by Crippen LogP contribution is 2.22. The Morgan fingerprint density at radius 2 is 1.74 bits per heavy atom.